The number of imide groups is 1. The molecule has 9 heteroatoms. The van der Waals surface area contributed by atoms with Crippen molar-refractivity contribution in [3.63, 3.8) is 0 Å². The molecule has 1 heterocycles. The molecule has 0 spiro atoms. The van der Waals surface area contributed by atoms with Crippen LogP contribution >= 0.6 is 11.8 Å². The summed E-state index contributed by atoms with van der Waals surface area (Å²) in [6.45, 7) is 1.88. The summed E-state index contributed by atoms with van der Waals surface area (Å²) in [4.78, 5) is 37.7. The van der Waals surface area contributed by atoms with Crippen LogP contribution in [0.2, 0.25) is 0 Å². The van der Waals surface area contributed by atoms with Crippen LogP contribution in [0, 0.1) is 6.92 Å². The van der Waals surface area contributed by atoms with Crippen LogP contribution < -0.4 is 10.2 Å². The number of anilines is 2. The standard InChI is InChI=1S/C20H17F3N2O3S/c1-12-4-2-6-14(8-12)24-17(26)11-29-16-10-18(27)25(19(16)28)15-7-3-5-13(9-15)20(21,22)23/h2-9,16H,10-11H2,1H3,(H,24,26). The molecule has 0 saturated carbocycles. The largest absolute Gasteiger partial charge is 0.416 e. The van der Waals surface area contributed by atoms with Gasteiger partial charge in [-0.15, -0.1) is 11.8 Å². The minimum absolute atomic E-state index is 0.0614. The summed E-state index contributed by atoms with van der Waals surface area (Å²) in [5.41, 5.74) is 0.533. The van der Waals surface area contributed by atoms with E-state index in [1.54, 1.807) is 18.2 Å². The monoisotopic (exact) mass is 422 g/mol. The van der Waals surface area contributed by atoms with Gasteiger partial charge in [0.05, 0.1) is 22.3 Å². The molecule has 5 nitrogen and oxygen atoms in total. The van der Waals surface area contributed by atoms with Gasteiger partial charge in [0.2, 0.25) is 17.7 Å². The number of benzene rings is 2. The van der Waals surface area contributed by atoms with Crippen molar-refractivity contribution in [1.82, 2.24) is 0 Å². The van der Waals surface area contributed by atoms with E-state index in [0.29, 0.717) is 5.69 Å². The number of alkyl halides is 3. The third-order valence-corrected chi connectivity index (χ3v) is 5.45. The van der Waals surface area contributed by atoms with Crippen molar-refractivity contribution in [2.24, 2.45) is 0 Å². The normalized spacial score (nSPS) is 17.0. The molecule has 152 valence electrons. The van der Waals surface area contributed by atoms with Crippen molar-refractivity contribution in [3.05, 3.63) is 59.7 Å². The molecule has 3 amide bonds. The molecule has 0 aliphatic carbocycles. The average Bonchev–Trinajstić information content (AvgIpc) is 2.93. The number of nitrogens with zero attached hydrogens (tertiary/aromatic N) is 1. The summed E-state index contributed by atoms with van der Waals surface area (Å²) in [6, 6.07) is 11.3. The lowest BCUT2D eigenvalue weighted by molar-refractivity contribution is -0.137. The second kappa shape index (κ2) is 8.28. The summed E-state index contributed by atoms with van der Waals surface area (Å²) >= 11 is 0.989. The average molecular weight is 422 g/mol. The molecular formula is C20H17F3N2O3S. The Labute approximate surface area is 169 Å². The fraction of sp³-hybridized carbons (Fsp3) is 0.250. The van der Waals surface area contributed by atoms with Crippen LogP contribution in [0.1, 0.15) is 17.5 Å². The highest BCUT2D eigenvalue weighted by Crippen LogP contribution is 2.34. The Kier molecular flexibility index (Phi) is 5.97. The molecule has 1 saturated heterocycles. The Hall–Kier alpha value is -2.81. The lowest BCUT2D eigenvalue weighted by Crippen LogP contribution is -2.31. The molecular weight excluding hydrogens is 405 g/mol. The third kappa shape index (κ3) is 4.97. The maximum Gasteiger partial charge on any atom is 0.416 e. The Morgan fingerprint density at radius 3 is 2.59 bits per heavy atom. The maximum absolute atomic E-state index is 12.9. The number of aryl methyl sites for hydroxylation is 1. The van der Waals surface area contributed by atoms with E-state index in [4.69, 9.17) is 0 Å². The second-order valence-corrected chi connectivity index (χ2v) is 7.73. The van der Waals surface area contributed by atoms with Crippen LogP contribution in [0.3, 0.4) is 0 Å². The van der Waals surface area contributed by atoms with E-state index >= 15 is 0 Å². The van der Waals surface area contributed by atoms with E-state index < -0.39 is 28.8 Å². The number of amides is 3. The molecule has 29 heavy (non-hydrogen) atoms. The number of rotatable bonds is 5. The number of nitrogens with one attached hydrogen (secondary N) is 1. The van der Waals surface area contributed by atoms with Gasteiger partial charge in [0, 0.05) is 12.1 Å². The summed E-state index contributed by atoms with van der Waals surface area (Å²) in [7, 11) is 0. The molecule has 0 radical (unpaired) electrons. The van der Waals surface area contributed by atoms with Crippen LogP contribution in [0.15, 0.2) is 48.5 Å². The van der Waals surface area contributed by atoms with Crippen molar-refractivity contribution >= 4 is 40.9 Å². The molecule has 2 aromatic carbocycles. The number of carbonyl (C=O) groups is 3. The first-order chi connectivity index (χ1) is 13.6. The number of thioether (sulfide) groups is 1. The van der Waals surface area contributed by atoms with E-state index in [9.17, 15) is 27.6 Å². The lowest BCUT2D eigenvalue weighted by Gasteiger charge is -2.16. The highest BCUT2D eigenvalue weighted by atomic mass is 32.2. The van der Waals surface area contributed by atoms with Crippen molar-refractivity contribution in [2.75, 3.05) is 16.0 Å². The van der Waals surface area contributed by atoms with Crippen LogP contribution in [-0.4, -0.2) is 28.7 Å². The van der Waals surface area contributed by atoms with Gasteiger partial charge in [0.25, 0.3) is 0 Å². The van der Waals surface area contributed by atoms with E-state index in [2.05, 4.69) is 5.32 Å². The number of hydrogen-bond donors (Lipinski definition) is 1. The van der Waals surface area contributed by atoms with Crippen molar-refractivity contribution in [3.8, 4) is 0 Å². The Bertz CT molecular complexity index is 962. The zero-order valence-electron chi connectivity index (χ0n) is 15.3. The highest BCUT2D eigenvalue weighted by molar-refractivity contribution is 8.01. The van der Waals surface area contributed by atoms with Gasteiger partial charge in [0.1, 0.15) is 0 Å². The summed E-state index contributed by atoms with van der Waals surface area (Å²) in [5.74, 6) is -1.61. The molecule has 0 bridgehead atoms. The van der Waals surface area contributed by atoms with Gasteiger partial charge in [-0.1, -0.05) is 18.2 Å². The molecule has 1 N–H and O–H groups in total. The maximum atomic E-state index is 12.9. The molecule has 1 fully saturated rings. The van der Waals surface area contributed by atoms with E-state index in [0.717, 1.165) is 40.4 Å². The zero-order chi connectivity index (χ0) is 21.2. The topological polar surface area (TPSA) is 66.5 Å². The fourth-order valence-corrected chi connectivity index (χ4v) is 3.86. The minimum atomic E-state index is -4.58. The Morgan fingerprint density at radius 1 is 1.17 bits per heavy atom. The summed E-state index contributed by atoms with van der Waals surface area (Å²) in [5, 5.41) is 1.89. The van der Waals surface area contributed by atoms with E-state index in [1.807, 2.05) is 13.0 Å². The van der Waals surface area contributed by atoms with Crippen LogP contribution in [0.25, 0.3) is 0 Å². The summed E-state index contributed by atoms with van der Waals surface area (Å²) in [6.07, 6.45) is -4.75. The molecule has 1 unspecified atom stereocenters. The van der Waals surface area contributed by atoms with Gasteiger partial charge in [0.15, 0.2) is 0 Å². The highest BCUT2D eigenvalue weighted by Gasteiger charge is 2.41. The number of carbonyl (C=O) groups excluding carboxylic acids is 3. The molecule has 3 rings (SSSR count). The van der Waals surface area contributed by atoms with Crippen LogP contribution in [-0.2, 0) is 20.6 Å². The second-order valence-electron chi connectivity index (χ2n) is 6.54. The third-order valence-electron chi connectivity index (χ3n) is 4.25. The van der Waals surface area contributed by atoms with Crippen molar-refractivity contribution in [2.45, 2.75) is 24.8 Å². The Balaban J connectivity index is 1.64. The van der Waals surface area contributed by atoms with Gasteiger partial charge < -0.3 is 5.32 Å². The fourth-order valence-electron chi connectivity index (χ4n) is 2.92. The van der Waals surface area contributed by atoms with Crippen LogP contribution in [0.4, 0.5) is 24.5 Å². The van der Waals surface area contributed by atoms with Gasteiger partial charge in [-0.3, -0.25) is 14.4 Å². The first kappa shape index (κ1) is 20.9. The molecule has 0 aromatic heterocycles. The Morgan fingerprint density at radius 2 is 1.90 bits per heavy atom. The predicted octanol–water partition coefficient (Wildman–Crippen LogP) is 4.02. The first-order valence-corrected chi connectivity index (χ1v) is 9.72. The molecule has 1 atom stereocenters. The van der Waals surface area contributed by atoms with Crippen molar-refractivity contribution < 1.29 is 27.6 Å². The van der Waals surface area contributed by atoms with E-state index in [1.165, 1.54) is 6.07 Å². The van der Waals surface area contributed by atoms with Gasteiger partial charge in [-0.2, -0.15) is 13.2 Å². The first-order valence-electron chi connectivity index (χ1n) is 8.67. The smallest absolute Gasteiger partial charge is 0.325 e. The van der Waals surface area contributed by atoms with Gasteiger partial charge >= 0.3 is 6.18 Å². The van der Waals surface area contributed by atoms with Gasteiger partial charge in [-0.25, -0.2) is 4.90 Å². The number of hydrogen-bond acceptors (Lipinski definition) is 4. The predicted molar refractivity (Wildman–Crippen MR) is 105 cm³/mol. The lowest BCUT2D eigenvalue weighted by atomic mass is 10.2. The quantitative estimate of drug-likeness (QED) is 0.740. The summed E-state index contributed by atoms with van der Waals surface area (Å²) < 4.78 is 38.7. The molecule has 1 aliphatic rings. The van der Waals surface area contributed by atoms with E-state index in [-0.39, 0.29) is 23.8 Å². The minimum Gasteiger partial charge on any atom is -0.325 e. The molecule has 1 aliphatic heterocycles. The molecule has 2 aromatic rings. The zero-order valence-corrected chi connectivity index (χ0v) is 16.1. The van der Waals surface area contributed by atoms with Crippen molar-refractivity contribution in [1.29, 1.82) is 0 Å². The van der Waals surface area contributed by atoms with Gasteiger partial charge in [-0.05, 0) is 42.8 Å². The SMILES string of the molecule is Cc1cccc(NC(=O)CSC2CC(=O)N(c3cccc(C(F)(F)F)c3)C2=O)c1. The van der Waals surface area contributed by atoms with Crippen LogP contribution in [0.5, 0.6) is 0 Å². The number of halogens is 3.